The average Bonchev–Trinajstić information content (AvgIpc) is 2.85. The minimum absolute atomic E-state index is 0.0797. The van der Waals surface area contributed by atoms with Gasteiger partial charge in [-0.25, -0.2) is 9.97 Å². The van der Waals surface area contributed by atoms with Gasteiger partial charge in [-0.15, -0.1) is 0 Å². The molecule has 1 fully saturated rings. The number of amides is 1. The van der Waals surface area contributed by atoms with E-state index in [9.17, 15) is 4.79 Å². The van der Waals surface area contributed by atoms with Crippen LogP contribution in [-0.2, 0) is 0 Å². The summed E-state index contributed by atoms with van der Waals surface area (Å²) in [7, 11) is 1.46. The van der Waals surface area contributed by atoms with Gasteiger partial charge in [-0.1, -0.05) is 18.1 Å². The van der Waals surface area contributed by atoms with E-state index in [1.165, 1.54) is 8.93 Å². The molecule has 6 nitrogen and oxygen atoms in total. The molecule has 2 aromatic carbocycles. The number of aromatic nitrogens is 2. The molecule has 1 aliphatic heterocycles. The molecule has 1 saturated heterocycles. The standard InChI is InChI=1S/C26H19IN4O2S/c27-34-13-11-17-3-5-18(6-4-17)22-9-7-20(14-23(22)33-21-15-28-16-21)26(32)31-24-10-8-19-2-1-12-29-25(19)30-24/h1-10,12,14,21,28H,15-16H2,(H,29,30,31,32). The summed E-state index contributed by atoms with van der Waals surface area (Å²) in [6, 6.07) is 21.0. The fourth-order valence-electron chi connectivity index (χ4n) is 3.55. The number of nitrogens with one attached hydrogen (secondary N) is 2. The normalized spacial score (nSPS) is 13.0. The molecule has 5 rings (SSSR count). The van der Waals surface area contributed by atoms with Crippen molar-refractivity contribution in [1.29, 1.82) is 0 Å². The molecule has 34 heavy (non-hydrogen) atoms. The molecule has 4 aromatic rings. The number of hydrogen-bond donors (Lipinski definition) is 2. The van der Waals surface area contributed by atoms with Crippen LogP contribution in [0.25, 0.3) is 22.2 Å². The van der Waals surface area contributed by atoms with E-state index in [-0.39, 0.29) is 12.0 Å². The van der Waals surface area contributed by atoms with Crippen LogP contribution in [0.15, 0.2) is 72.9 Å². The first kappa shape index (κ1) is 22.7. The van der Waals surface area contributed by atoms with Crippen LogP contribution in [0.5, 0.6) is 5.75 Å². The maximum atomic E-state index is 13.0. The number of anilines is 1. The van der Waals surface area contributed by atoms with Gasteiger partial charge in [0, 0.05) is 62.6 Å². The zero-order chi connectivity index (χ0) is 23.3. The SMILES string of the molecule is O=C(Nc1ccc2cccnc2n1)c1ccc(-c2ccc(C#CSI)cc2)c(OC2CNC2)c1. The highest BCUT2D eigenvalue weighted by molar-refractivity contribution is 14.2. The average molecular weight is 578 g/mol. The number of pyridine rings is 2. The predicted molar refractivity (Wildman–Crippen MR) is 145 cm³/mol. The van der Waals surface area contributed by atoms with Gasteiger partial charge in [0.05, 0.1) is 0 Å². The van der Waals surface area contributed by atoms with E-state index in [1.54, 1.807) is 24.4 Å². The molecular weight excluding hydrogens is 559 g/mol. The summed E-state index contributed by atoms with van der Waals surface area (Å²) in [5, 5.41) is 10.00. The smallest absolute Gasteiger partial charge is 0.256 e. The summed E-state index contributed by atoms with van der Waals surface area (Å²) < 4.78 is 6.23. The lowest BCUT2D eigenvalue weighted by molar-refractivity contribution is 0.102. The number of nitrogens with zero attached hydrogens (tertiary/aromatic N) is 2. The number of rotatable bonds is 5. The van der Waals surface area contributed by atoms with Crippen molar-refractivity contribution in [1.82, 2.24) is 15.3 Å². The van der Waals surface area contributed by atoms with Crippen LogP contribution in [0.4, 0.5) is 5.82 Å². The number of carbonyl (C=O) groups excluding carboxylic acids is 1. The van der Waals surface area contributed by atoms with E-state index in [4.69, 9.17) is 4.74 Å². The summed E-state index contributed by atoms with van der Waals surface area (Å²) in [5.41, 5.74) is 3.97. The quantitative estimate of drug-likeness (QED) is 0.248. The van der Waals surface area contributed by atoms with Crippen LogP contribution in [0.2, 0.25) is 0 Å². The molecule has 1 amide bonds. The Morgan fingerprint density at radius 2 is 1.97 bits per heavy atom. The second-order valence-corrected chi connectivity index (χ2v) is 9.37. The Kier molecular flexibility index (Phi) is 6.94. The molecule has 168 valence electrons. The van der Waals surface area contributed by atoms with E-state index in [1.807, 2.05) is 48.5 Å². The summed E-state index contributed by atoms with van der Waals surface area (Å²) in [5.74, 6) is 3.97. The summed E-state index contributed by atoms with van der Waals surface area (Å²) in [6.45, 7) is 1.57. The van der Waals surface area contributed by atoms with Crippen molar-refractivity contribution in [3.63, 3.8) is 0 Å². The third-order valence-corrected chi connectivity index (χ3v) is 6.26. The van der Waals surface area contributed by atoms with E-state index < -0.39 is 0 Å². The van der Waals surface area contributed by atoms with Gasteiger partial charge < -0.3 is 15.4 Å². The van der Waals surface area contributed by atoms with Crippen molar-refractivity contribution < 1.29 is 9.53 Å². The van der Waals surface area contributed by atoms with E-state index >= 15 is 0 Å². The van der Waals surface area contributed by atoms with Crippen LogP contribution in [0, 0.1) is 11.2 Å². The molecule has 0 atom stereocenters. The Labute approximate surface area is 213 Å². The van der Waals surface area contributed by atoms with Crippen molar-refractivity contribution in [2.45, 2.75) is 6.10 Å². The Morgan fingerprint density at radius 1 is 1.12 bits per heavy atom. The zero-order valence-electron chi connectivity index (χ0n) is 17.9. The Balaban J connectivity index is 1.42. The van der Waals surface area contributed by atoms with Crippen molar-refractivity contribution in [2.75, 3.05) is 18.4 Å². The van der Waals surface area contributed by atoms with Gasteiger partial charge in [0.2, 0.25) is 0 Å². The first-order valence-electron chi connectivity index (χ1n) is 10.6. The fraction of sp³-hybridized carbons (Fsp3) is 0.115. The van der Waals surface area contributed by atoms with Gasteiger partial charge in [-0.05, 0) is 74.3 Å². The van der Waals surface area contributed by atoms with Gasteiger partial charge >= 0.3 is 0 Å². The zero-order valence-corrected chi connectivity index (χ0v) is 20.9. The lowest BCUT2D eigenvalue weighted by Crippen LogP contribution is -2.50. The number of hydrogen-bond acceptors (Lipinski definition) is 6. The number of fused-ring (bicyclic) bond motifs is 1. The predicted octanol–water partition coefficient (Wildman–Crippen LogP) is 5.29. The highest BCUT2D eigenvalue weighted by Crippen LogP contribution is 2.33. The van der Waals surface area contributed by atoms with Gasteiger partial charge in [-0.3, -0.25) is 4.79 Å². The molecule has 0 aliphatic carbocycles. The topological polar surface area (TPSA) is 76.1 Å². The number of benzene rings is 2. The Morgan fingerprint density at radius 3 is 2.74 bits per heavy atom. The summed E-state index contributed by atoms with van der Waals surface area (Å²) in [4.78, 5) is 21.7. The van der Waals surface area contributed by atoms with Crippen LogP contribution < -0.4 is 15.4 Å². The third-order valence-electron chi connectivity index (χ3n) is 5.42. The first-order chi connectivity index (χ1) is 16.7. The lowest BCUT2D eigenvalue weighted by Gasteiger charge is -2.29. The largest absolute Gasteiger partial charge is 0.487 e. The maximum absolute atomic E-state index is 13.0. The van der Waals surface area contributed by atoms with Crippen molar-refractivity contribution in [3.8, 4) is 28.0 Å². The van der Waals surface area contributed by atoms with Crippen LogP contribution in [0.1, 0.15) is 15.9 Å². The molecule has 3 heterocycles. The molecule has 8 heteroatoms. The minimum Gasteiger partial charge on any atom is -0.487 e. The van der Waals surface area contributed by atoms with E-state index in [0.717, 1.165) is 35.2 Å². The second-order valence-electron chi connectivity index (χ2n) is 7.69. The lowest BCUT2D eigenvalue weighted by atomic mass is 10.0. The first-order valence-corrected chi connectivity index (χ1v) is 14.0. The summed E-state index contributed by atoms with van der Waals surface area (Å²) in [6.07, 6.45) is 1.76. The molecular formula is C26H19IN4O2S. The molecule has 1 aliphatic rings. The monoisotopic (exact) mass is 578 g/mol. The van der Waals surface area contributed by atoms with Gasteiger partial charge in [0.1, 0.15) is 17.7 Å². The summed E-state index contributed by atoms with van der Waals surface area (Å²) >= 11 is 2.15. The van der Waals surface area contributed by atoms with Gasteiger partial charge in [-0.2, -0.15) is 0 Å². The molecule has 0 unspecified atom stereocenters. The van der Waals surface area contributed by atoms with E-state index in [0.29, 0.717) is 22.8 Å². The van der Waals surface area contributed by atoms with Crippen molar-refractivity contribution >= 4 is 52.9 Å². The highest BCUT2D eigenvalue weighted by Gasteiger charge is 2.21. The van der Waals surface area contributed by atoms with E-state index in [2.05, 4.69) is 53.0 Å². The van der Waals surface area contributed by atoms with Crippen LogP contribution in [0.3, 0.4) is 0 Å². The Bertz CT molecular complexity index is 1410. The van der Waals surface area contributed by atoms with Crippen molar-refractivity contribution in [3.05, 3.63) is 84.1 Å². The maximum Gasteiger partial charge on any atom is 0.256 e. The second kappa shape index (κ2) is 10.4. The Hall–Kier alpha value is -3.13. The highest BCUT2D eigenvalue weighted by atomic mass is 127. The molecule has 0 saturated carbocycles. The number of carbonyl (C=O) groups is 1. The number of halogens is 1. The van der Waals surface area contributed by atoms with Gasteiger partial charge in [0.25, 0.3) is 5.91 Å². The number of ether oxygens (including phenoxy) is 1. The molecule has 2 N–H and O–H groups in total. The molecule has 2 aromatic heterocycles. The fourth-order valence-corrected chi connectivity index (χ4v) is 4.03. The third kappa shape index (κ3) is 5.17. The van der Waals surface area contributed by atoms with Crippen LogP contribution >= 0.6 is 30.1 Å². The van der Waals surface area contributed by atoms with Gasteiger partial charge in [0.15, 0.2) is 5.65 Å². The van der Waals surface area contributed by atoms with Crippen LogP contribution in [-0.4, -0.2) is 35.1 Å². The molecule has 0 radical (unpaired) electrons. The molecule has 0 bridgehead atoms. The van der Waals surface area contributed by atoms with Crippen molar-refractivity contribution in [2.24, 2.45) is 0 Å². The molecule has 0 spiro atoms. The minimum atomic E-state index is -0.257.